The highest BCUT2D eigenvalue weighted by atomic mass is 35.5. The van der Waals surface area contributed by atoms with Gasteiger partial charge in [0.2, 0.25) is 0 Å². The zero-order valence-corrected chi connectivity index (χ0v) is 14.7. The molecule has 27 heavy (non-hydrogen) atoms. The molecule has 0 spiro atoms. The number of nitrogens with two attached hydrogens (primary N) is 1. The molecule has 0 saturated heterocycles. The molecule has 0 unspecified atom stereocenters. The minimum atomic E-state index is -0.687. The number of halogens is 1. The highest BCUT2D eigenvalue weighted by molar-refractivity contribution is 6.30. The van der Waals surface area contributed by atoms with Crippen molar-refractivity contribution in [1.82, 2.24) is 9.38 Å². The molecule has 0 aliphatic rings. The number of benzene rings is 1. The minimum Gasteiger partial charge on any atom is -0.483 e. The average molecular weight is 388 g/mol. The largest absolute Gasteiger partial charge is 0.483 e. The van der Waals surface area contributed by atoms with Crippen LogP contribution in [0.15, 0.2) is 53.5 Å². The molecule has 1 aromatic carbocycles. The van der Waals surface area contributed by atoms with Crippen molar-refractivity contribution in [3.8, 4) is 5.75 Å². The molecule has 9 heteroatoms. The number of primary amides is 1. The van der Waals surface area contributed by atoms with Crippen LogP contribution in [0, 0.1) is 0 Å². The van der Waals surface area contributed by atoms with E-state index in [4.69, 9.17) is 26.8 Å². The maximum atomic E-state index is 12.3. The van der Waals surface area contributed by atoms with Gasteiger partial charge in [-0.3, -0.25) is 14.0 Å². The molecule has 2 N–H and O–H groups in total. The third-order valence-corrected chi connectivity index (χ3v) is 3.73. The molecule has 3 rings (SSSR count). The van der Waals surface area contributed by atoms with Crippen molar-refractivity contribution in [2.75, 3.05) is 6.61 Å². The summed E-state index contributed by atoms with van der Waals surface area (Å²) in [5.74, 6) is -1.19. The highest BCUT2D eigenvalue weighted by Gasteiger charge is 2.15. The van der Waals surface area contributed by atoms with Crippen molar-refractivity contribution in [3.63, 3.8) is 0 Å². The maximum Gasteiger partial charge on any atom is 0.342 e. The van der Waals surface area contributed by atoms with Gasteiger partial charge < -0.3 is 15.2 Å². The van der Waals surface area contributed by atoms with Crippen LogP contribution >= 0.6 is 11.6 Å². The number of aromatic nitrogens is 2. The van der Waals surface area contributed by atoms with Crippen molar-refractivity contribution in [2.45, 2.75) is 6.61 Å². The van der Waals surface area contributed by atoms with Crippen molar-refractivity contribution in [3.05, 3.63) is 75.3 Å². The van der Waals surface area contributed by atoms with Crippen molar-refractivity contribution < 1.29 is 19.1 Å². The molecule has 2 aromatic heterocycles. The second-order valence-electron chi connectivity index (χ2n) is 5.49. The van der Waals surface area contributed by atoms with Crippen LogP contribution in [-0.4, -0.2) is 27.9 Å². The molecular formula is C18H14ClN3O5. The fourth-order valence-electron chi connectivity index (χ4n) is 2.33. The van der Waals surface area contributed by atoms with E-state index in [2.05, 4.69) is 4.98 Å². The topological polar surface area (TPSA) is 113 Å². The molecule has 8 nitrogen and oxygen atoms in total. The number of amides is 1. The summed E-state index contributed by atoms with van der Waals surface area (Å²) in [5, 5.41) is 0.401. The van der Waals surface area contributed by atoms with Crippen LogP contribution in [0.3, 0.4) is 0 Å². The molecule has 0 saturated carbocycles. The van der Waals surface area contributed by atoms with E-state index in [1.54, 1.807) is 24.3 Å². The molecular weight excluding hydrogens is 374 g/mol. The maximum absolute atomic E-state index is 12.3. The summed E-state index contributed by atoms with van der Waals surface area (Å²) in [6, 6.07) is 10.7. The quantitative estimate of drug-likeness (QED) is 0.642. The molecule has 0 bridgehead atoms. The third-order valence-electron chi connectivity index (χ3n) is 3.50. The summed E-state index contributed by atoms with van der Waals surface area (Å²) in [5.41, 5.74) is 5.48. The van der Waals surface area contributed by atoms with Crippen molar-refractivity contribution in [2.24, 2.45) is 5.73 Å². The van der Waals surface area contributed by atoms with Gasteiger partial charge in [-0.25, -0.2) is 9.78 Å². The first kappa shape index (κ1) is 18.4. The number of ether oxygens (including phenoxy) is 2. The van der Waals surface area contributed by atoms with E-state index in [1.807, 2.05) is 0 Å². The molecule has 1 amide bonds. The zero-order chi connectivity index (χ0) is 19.4. The summed E-state index contributed by atoms with van der Waals surface area (Å²) >= 11 is 5.86. The number of carbonyl (C=O) groups is 2. The van der Waals surface area contributed by atoms with Crippen LogP contribution < -0.4 is 16.0 Å². The first-order valence-electron chi connectivity index (χ1n) is 7.79. The monoisotopic (exact) mass is 387 g/mol. The normalized spacial score (nSPS) is 10.6. The molecule has 0 radical (unpaired) electrons. The van der Waals surface area contributed by atoms with E-state index in [1.165, 1.54) is 28.8 Å². The molecule has 2 heterocycles. The molecule has 0 fully saturated rings. The van der Waals surface area contributed by atoms with E-state index in [0.29, 0.717) is 10.7 Å². The second kappa shape index (κ2) is 7.88. The summed E-state index contributed by atoms with van der Waals surface area (Å²) in [6.45, 7) is -0.576. The Bertz CT molecular complexity index is 1080. The van der Waals surface area contributed by atoms with Gasteiger partial charge in [0.15, 0.2) is 6.61 Å². The Morgan fingerprint density at radius 1 is 1.19 bits per heavy atom. The lowest BCUT2D eigenvalue weighted by atomic mass is 10.2. The van der Waals surface area contributed by atoms with Gasteiger partial charge in [-0.2, -0.15) is 0 Å². The van der Waals surface area contributed by atoms with Gasteiger partial charge in [0.1, 0.15) is 23.6 Å². The van der Waals surface area contributed by atoms with Gasteiger partial charge in [-0.05, 0) is 24.3 Å². The van der Waals surface area contributed by atoms with E-state index >= 15 is 0 Å². The van der Waals surface area contributed by atoms with Gasteiger partial charge in [-0.15, -0.1) is 0 Å². The van der Waals surface area contributed by atoms with E-state index in [9.17, 15) is 14.4 Å². The van der Waals surface area contributed by atoms with Crippen LogP contribution in [0.1, 0.15) is 16.1 Å². The molecule has 0 aliphatic carbocycles. The SMILES string of the molecule is NC(=O)COc1ccccc1C(=O)OCc1cc(=O)n2cc(Cl)ccc2n1. The number of rotatable bonds is 6. The average Bonchev–Trinajstić information content (AvgIpc) is 2.65. The molecule has 0 atom stereocenters. The molecule has 3 aromatic rings. The predicted octanol–water partition coefficient (Wildman–Crippen LogP) is 1.57. The number of hydrogen-bond donors (Lipinski definition) is 1. The lowest BCUT2D eigenvalue weighted by Crippen LogP contribution is -2.21. The summed E-state index contributed by atoms with van der Waals surface area (Å²) in [7, 11) is 0. The highest BCUT2D eigenvalue weighted by Crippen LogP contribution is 2.19. The number of pyridine rings is 1. The summed E-state index contributed by atoms with van der Waals surface area (Å²) in [6.07, 6.45) is 1.45. The van der Waals surface area contributed by atoms with E-state index in [0.717, 1.165) is 0 Å². The molecule has 138 valence electrons. The number of esters is 1. The lowest BCUT2D eigenvalue weighted by molar-refractivity contribution is -0.119. The second-order valence-corrected chi connectivity index (χ2v) is 5.92. The van der Waals surface area contributed by atoms with Crippen molar-refractivity contribution >= 4 is 29.1 Å². The first-order chi connectivity index (χ1) is 12.9. The Morgan fingerprint density at radius 3 is 2.74 bits per heavy atom. The smallest absolute Gasteiger partial charge is 0.342 e. The van der Waals surface area contributed by atoms with Crippen LogP contribution in [0.5, 0.6) is 5.75 Å². The molecule has 0 aliphatic heterocycles. The number of carbonyl (C=O) groups excluding carboxylic acids is 2. The van der Waals surface area contributed by atoms with Gasteiger partial charge in [-0.1, -0.05) is 23.7 Å². The van der Waals surface area contributed by atoms with E-state index in [-0.39, 0.29) is 35.8 Å². The van der Waals surface area contributed by atoms with Gasteiger partial charge in [0, 0.05) is 12.3 Å². The van der Waals surface area contributed by atoms with Gasteiger partial charge in [0.25, 0.3) is 11.5 Å². The Labute approximate surface area is 158 Å². The van der Waals surface area contributed by atoms with Gasteiger partial charge >= 0.3 is 5.97 Å². The lowest BCUT2D eigenvalue weighted by Gasteiger charge is -2.10. The standard InChI is InChI=1S/C18H14ClN3O5/c19-11-5-6-16-21-12(7-17(24)22(16)8-11)9-27-18(25)13-3-1-2-4-14(13)26-10-15(20)23/h1-8H,9-10H2,(H2,20,23). The predicted molar refractivity (Wildman–Crippen MR) is 96.7 cm³/mol. The summed E-state index contributed by atoms with van der Waals surface area (Å²) < 4.78 is 11.7. The zero-order valence-electron chi connectivity index (χ0n) is 13.9. The van der Waals surface area contributed by atoms with Crippen LogP contribution in [0.25, 0.3) is 5.65 Å². The Kier molecular flexibility index (Phi) is 5.37. The summed E-state index contributed by atoms with van der Waals surface area (Å²) in [4.78, 5) is 39.6. The van der Waals surface area contributed by atoms with Crippen molar-refractivity contribution in [1.29, 1.82) is 0 Å². The minimum absolute atomic E-state index is 0.128. The van der Waals surface area contributed by atoms with Crippen LogP contribution in [-0.2, 0) is 16.1 Å². The van der Waals surface area contributed by atoms with Crippen LogP contribution in [0.4, 0.5) is 0 Å². The number of hydrogen-bond acceptors (Lipinski definition) is 6. The number of nitrogens with zero attached hydrogens (tertiary/aromatic N) is 2. The number of fused-ring (bicyclic) bond motifs is 1. The number of para-hydroxylation sites is 1. The Morgan fingerprint density at radius 2 is 1.96 bits per heavy atom. The Balaban J connectivity index is 1.76. The fourth-order valence-corrected chi connectivity index (χ4v) is 2.49. The fraction of sp³-hybridized carbons (Fsp3) is 0.111. The first-order valence-corrected chi connectivity index (χ1v) is 8.17. The Hall–Kier alpha value is -3.39. The van der Waals surface area contributed by atoms with Crippen LogP contribution in [0.2, 0.25) is 5.02 Å². The third kappa shape index (κ3) is 4.42. The van der Waals surface area contributed by atoms with E-state index < -0.39 is 11.9 Å². The van der Waals surface area contributed by atoms with Gasteiger partial charge in [0.05, 0.1) is 10.7 Å².